The van der Waals surface area contributed by atoms with Gasteiger partial charge in [0.25, 0.3) is 0 Å². The zero-order valence-corrected chi connectivity index (χ0v) is 28.3. The maximum atomic E-state index is 12.3. The molecule has 0 aliphatic heterocycles. The van der Waals surface area contributed by atoms with Crippen molar-refractivity contribution in [2.75, 3.05) is 26.4 Å². The Hall–Kier alpha value is -4.97. The molecule has 0 saturated carbocycles. The van der Waals surface area contributed by atoms with Crippen molar-refractivity contribution in [3.8, 4) is 16.9 Å². The summed E-state index contributed by atoms with van der Waals surface area (Å²) in [5, 5.41) is 0. The molecule has 0 spiro atoms. The molecule has 0 bridgehead atoms. The van der Waals surface area contributed by atoms with Crippen LogP contribution in [0.1, 0.15) is 58.9 Å². The number of benzene rings is 5. The maximum Gasteiger partial charge on any atom is 0.335 e. The number of fused-ring (bicyclic) bond motifs is 2. The Labute approximate surface area is 290 Å². The number of hydrogen-bond donors (Lipinski definition) is 0. The Balaban J connectivity index is 1.19. The van der Waals surface area contributed by atoms with E-state index < -0.39 is 6.10 Å². The van der Waals surface area contributed by atoms with E-state index in [-0.39, 0.29) is 12.1 Å². The molecule has 1 aliphatic rings. The summed E-state index contributed by atoms with van der Waals surface area (Å²) < 4.78 is 23.7. The van der Waals surface area contributed by atoms with E-state index in [0.717, 1.165) is 40.8 Å². The van der Waals surface area contributed by atoms with Crippen LogP contribution >= 0.6 is 0 Å². The van der Waals surface area contributed by atoms with Crippen molar-refractivity contribution < 1.29 is 23.7 Å². The van der Waals surface area contributed by atoms with Crippen LogP contribution in [0, 0.1) is 0 Å². The molecule has 5 heteroatoms. The van der Waals surface area contributed by atoms with Crippen molar-refractivity contribution in [2.24, 2.45) is 0 Å². The Morgan fingerprint density at radius 3 is 2.20 bits per heavy atom. The standard InChI is InChI=1S/C44H44O5/c1-3-46-42(44(45)47-4-2)30-33-19-25-38(26-20-33)48-28-29-49-43-40-17-11-16-35(21-18-32-12-7-5-8-13-32)39(40)27-24-36-22-23-37(31-41(36)43)34-14-9-6-10-15-34/h5-17,19-20,22-27,31,42-43H,3-4,18,21,28-30H2,1-2H3. The molecule has 0 saturated heterocycles. The van der Waals surface area contributed by atoms with E-state index in [1.165, 1.54) is 27.8 Å². The summed E-state index contributed by atoms with van der Waals surface area (Å²) in [5.74, 6) is 0.409. The molecule has 250 valence electrons. The van der Waals surface area contributed by atoms with Gasteiger partial charge in [-0.2, -0.15) is 0 Å². The molecular formula is C44H44O5. The van der Waals surface area contributed by atoms with E-state index >= 15 is 0 Å². The summed E-state index contributed by atoms with van der Waals surface area (Å²) in [5.41, 5.74) is 10.7. The molecular weight excluding hydrogens is 608 g/mol. The fourth-order valence-electron chi connectivity index (χ4n) is 6.40. The van der Waals surface area contributed by atoms with Crippen LogP contribution in [0.15, 0.2) is 121 Å². The van der Waals surface area contributed by atoms with Gasteiger partial charge in [0.2, 0.25) is 0 Å². The molecule has 2 atom stereocenters. The minimum absolute atomic E-state index is 0.260. The number of carbonyl (C=O) groups excluding carboxylic acids is 1. The number of carbonyl (C=O) groups is 1. The molecule has 0 radical (unpaired) electrons. The highest BCUT2D eigenvalue weighted by Crippen LogP contribution is 2.39. The van der Waals surface area contributed by atoms with Crippen LogP contribution in [-0.2, 0) is 38.3 Å². The minimum Gasteiger partial charge on any atom is -0.491 e. The summed E-state index contributed by atoms with van der Waals surface area (Å²) in [6.07, 6.45) is 5.98. The van der Waals surface area contributed by atoms with Gasteiger partial charge in [-0.05, 0) is 95.0 Å². The first-order valence-corrected chi connectivity index (χ1v) is 17.3. The zero-order chi connectivity index (χ0) is 33.8. The lowest BCUT2D eigenvalue weighted by Gasteiger charge is -2.23. The monoisotopic (exact) mass is 652 g/mol. The predicted octanol–water partition coefficient (Wildman–Crippen LogP) is 9.32. The molecule has 49 heavy (non-hydrogen) atoms. The Kier molecular flexibility index (Phi) is 11.7. The first kappa shape index (κ1) is 33.9. The van der Waals surface area contributed by atoms with E-state index in [9.17, 15) is 4.79 Å². The van der Waals surface area contributed by atoms with Gasteiger partial charge in [0.05, 0.1) is 13.2 Å². The number of hydrogen-bond acceptors (Lipinski definition) is 5. The molecule has 0 heterocycles. The van der Waals surface area contributed by atoms with Crippen molar-refractivity contribution >= 4 is 18.1 Å². The largest absolute Gasteiger partial charge is 0.491 e. The minimum atomic E-state index is -0.619. The summed E-state index contributed by atoms with van der Waals surface area (Å²) in [4.78, 5) is 12.3. The second kappa shape index (κ2) is 16.9. The summed E-state index contributed by atoms with van der Waals surface area (Å²) >= 11 is 0. The highest BCUT2D eigenvalue weighted by molar-refractivity contribution is 5.80. The lowest BCUT2D eigenvalue weighted by atomic mass is 9.90. The van der Waals surface area contributed by atoms with Gasteiger partial charge in [0, 0.05) is 13.0 Å². The van der Waals surface area contributed by atoms with Crippen molar-refractivity contribution in [1.82, 2.24) is 0 Å². The van der Waals surface area contributed by atoms with Gasteiger partial charge in [-0.3, -0.25) is 0 Å². The molecule has 0 N–H and O–H groups in total. The van der Waals surface area contributed by atoms with E-state index in [4.69, 9.17) is 18.9 Å². The SMILES string of the molecule is CCOC(=O)C(Cc1ccc(OCCOC2c3cc(-c4ccccc4)ccc3C=Cc3c(CCc4ccccc4)cccc32)cc1)OCC. The van der Waals surface area contributed by atoms with Crippen LogP contribution in [0.5, 0.6) is 5.75 Å². The second-order valence-electron chi connectivity index (χ2n) is 12.1. The van der Waals surface area contributed by atoms with Crippen molar-refractivity contribution in [2.45, 2.75) is 45.3 Å². The normalized spacial score (nSPS) is 14.0. The average molecular weight is 653 g/mol. The fourth-order valence-corrected chi connectivity index (χ4v) is 6.40. The van der Waals surface area contributed by atoms with Gasteiger partial charge in [-0.15, -0.1) is 0 Å². The van der Waals surface area contributed by atoms with Crippen LogP contribution in [0.4, 0.5) is 0 Å². The highest BCUT2D eigenvalue weighted by atomic mass is 16.6. The summed E-state index contributed by atoms with van der Waals surface area (Å²) in [7, 11) is 0. The molecule has 0 aromatic heterocycles. The smallest absolute Gasteiger partial charge is 0.335 e. The molecule has 5 aromatic carbocycles. The van der Waals surface area contributed by atoms with Crippen LogP contribution in [-0.4, -0.2) is 38.5 Å². The average Bonchev–Trinajstić information content (AvgIpc) is 3.30. The van der Waals surface area contributed by atoms with E-state index in [2.05, 4.69) is 103 Å². The van der Waals surface area contributed by atoms with Crippen LogP contribution in [0.25, 0.3) is 23.3 Å². The first-order chi connectivity index (χ1) is 24.1. The molecule has 6 rings (SSSR count). The van der Waals surface area contributed by atoms with Gasteiger partial charge in [0.1, 0.15) is 18.5 Å². The lowest BCUT2D eigenvalue weighted by molar-refractivity contribution is -0.156. The van der Waals surface area contributed by atoms with E-state index in [1.807, 2.05) is 37.3 Å². The highest BCUT2D eigenvalue weighted by Gasteiger charge is 2.25. The van der Waals surface area contributed by atoms with Gasteiger partial charge in [-0.25, -0.2) is 4.79 Å². The fraction of sp³-hybridized carbons (Fsp3) is 0.250. The Morgan fingerprint density at radius 1 is 0.673 bits per heavy atom. The Morgan fingerprint density at radius 2 is 1.45 bits per heavy atom. The van der Waals surface area contributed by atoms with E-state index in [1.54, 1.807) is 6.92 Å². The van der Waals surface area contributed by atoms with E-state index in [0.29, 0.717) is 32.8 Å². The van der Waals surface area contributed by atoms with Gasteiger partial charge in [-0.1, -0.05) is 115 Å². The van der Waals surface area contributed by atoms with Crippen LogP contribution in [0.3, 0.4) is 0 Å². The van der Waals surface area contributed by atoms with Crippen molar-refractivity contribution in [3.63, 3.8) is 0 Å². The lowest BCUT2D eigenvalue weighted by Crippen LogP contribution is -2.28. The third kappa shape index (κ3) is 8.74. The topological polar surface area (TPSA) is 54.0 Å². The van der Waals surface area contributed by atoms with Gasteiger partial charge < -0.3 is 18.9 Å². The Bertz CT molecular complexity index is 1830. The third-order valence-corrected chi connectivity index (χ3v) is 8.84. The number of ether oxygens (including phenoxy) is 4. The second-order valence-corrected chi connectivity index (χ2v) is 12.1. The molecule has 1 aliphatic carbocycles. The van der Waals surface area contributed by atoms with Crippen LogP contribution in [0.2, 0.25) is 0 Å². The third-order valence-electron chi connectivity index (χ3n) is 8.84. The number of aryl methyl sites for hydroxylation is 2. The first-order valence-electron chi connectivity index (χ1n) is 17.3. The summed E-state index contributed by atoms with van der Waals surface area (Å²) in [6, 6.07) is 42.2. The number of rotatable bonds is 15. The molecule has 0 fully saturated rings. The zero-order valence-electron chi connectivity index (χ0n) is 28.3. The molecule has 5 nitrogen and oxygen atoms in total. The quantitative estimate of drug-likeness (QED) is 0.0834. The predicted molar refractivity (Wildman–Crippen MR) is 197 cm³/mol. The van der Waals surface area contributed by atoms with Crippen molar-refractivity contribution in [1.29, 1.82) is 0 Å². The maximum absolute atomic E-state index is 12.3. The number of esters is 1. The molecule has 0 amide bonds. The molecule has 2 unspecified atom stereocenters. The van der Waals surface area contributed by atoms with Crippen LogP contribution < -0.4 is 4.74 Å². The van der Waals surface area contributed by atoms with Crippen molar-refractivity contribution in [3.05, 3.63) is 160 Å². The molecule has 5 aromatic rings. The van der Waals surface area contributed by atoms with Gasteiger partial charge >= 0.3 is 5.97 Å². The van der Waals surface area contributed by atoms with Gasteiger partial charge in [0.15, 0.2) is 6.10 Å². The summed E-state index contributed by atoms with van der Waals surface area (Å²) in [6.45, 7) is 5.25.